The Bertz CT molecular complexity index is 1490. The number of amides is 4. The Morgan fingerprint density at radius 2 is 1.09 bits per heavy atom. The summed E-state index contributed by atoms with van der Waals surface area (Å²) in [5.41, 5.74) is 6.15. The molecule has 0 spiro atoms. The molecule has 0 aliphatic carbocycles. The van der Waals surface area contributed by atoms with Crippen molar-refractivity contribution in [2.24, 2.45) is 0 Å². The van der Waals surface area contributed by atoms with E-state index in [1.165, 1.54) is 0 Å². The second-order valence-electron chi connectivity index (χ2n) is 11.8. The molecule has 4 aromatic rings. The summed E-state index contributed by atoms with van der Waals surface area (Å²) in [7, 11) is 0. The molecule has 0 saturated heterocycles. The minimum atomic E-state index is -1.37. The van der Waals surface area contributed by atoms with Crippen LogP contribution in [-0.4, -0.2) is 35.5 Å². The Hall–Kier alpha value is -5.44. The molecule has 0 unspecified atom stereocenters. The van der Waals surface area contributed by atoms with Crippen molar-refractivity contribution in [3.8, 4) is 0 Å². The summed E-state index contributed by atoms with van der Waals surface area (Å²) < 4.78 is 5.37. The molecule has 4 rings (SSSR count). The molecule has 1 atom stereocenters. The van der Waals surface area contributed by atoms with Crippen LogP contribution in [0.1, 0.15) is 55.9 Å². The summed E-state index contributed by atoms with van der Waals surface area (Å²) in [4.78, 5) is 52.6. The second kappa shape index (κ2) is 15.5. The summed E-state index contributed by atoms with van der Waals surface area (Å²) in [5.74, 6) is -1.73. The summed E-state index contributed by atoms with van der Waals surface area (Å²) in [6.07, 6.45) is -0.719. The highest BCUT2D eigenvalue weighted by Gasteiger charge is 2.39. The van der Waals surface area contributed by atoms with Gasteiger partial charge in [0.1, 0.15) is 17.2 Å². The number of nitrogens with one attached hydrogen (secondary N) is 4. The van der Waals surface area contributed by atoms with Crippen LogP contribution in [0.3, 0.4) is 0 Å². The lowest BCUT2D eigenvalue weighted by molar-refractivity contribution is -0.132. The maximum Gasteiger partial charge on any atom is 0.408 e. The van der Waals surface area contributed by atoms with Crippen LogP contribution in [0.25, 0.3) is 0 Å². The first-order valence-corrected chi connectivity index (χ1v) is 15.2. The highest BCUT2D eigenvalue weighted by molar-refractivity contribution is 5.92. The zero-order valence-corrected chi connectivity index (χ0v) is 26.3. The van der Waals surface area contributed by atoms with E-state index in [1.54, 1.807) is 20.8 Å². The van der Waals surface area contributed by atoms with Gasteiger partial charge in [-0.15, -0.1) is 0 Å². The Labute approximate surface area is 269 Å². The molecule has 4 aromatic carbocycles. The first-order chi connectivity index (χ1) is 22.1. The predicted molar refractivity (Wildman–Crippen MR) is 176 cm³/mol. The third-order valence-corrected chi connectivity index (χ3v) is 7.15. The lowest BCUT2D eigenvalue weighted by Crippen LogP contribution is -2.56. The third-order valence-electron chi connectivity index (χ3n) is 7.15. The number of hydrogen-bond donors (Lipinski definition) is 4. The van der Waals surface area contributed by atoms with Crippen LogP contribution in [0.15, 0.2) is 121 Å². The fourth-order valence-electron chi connectivity index (χ4n) is 5.07. The topological polar surface area (TPSA) is 126 Å². The van der Waals surface area contributed by atoms with Crippen molar-refractivity contribution in [3.05, 3.63) is 144 Å². The lowest BCUT2D eigenvalue weighted by atomic mass is 9.77. The summed E-state index contributed by atoms with van der Waals surface area (Å²) in [5, 5.41) is 5.70. The molecule has 0 radical (unpaired) electrons. The van der Waals surface area contributed by atoms with Crippen molar-refractivity contribution >= 4 is 23.8 Å². The van der Waals surface area contributed by atoms with Gasteiger partial charge >= 0.3 is 6.09 Å². The molecular formula is C37H40N4O5. The Morgan fingerprint density at radius 3 is 1.54 bits per heavy atom. The molecule has 9 nitrogen and oxygen atoms in total. The Morgan fingerprint density at radius 1 is 0.630 bits per heavy atom. The van der Waals surface area contributed by atoms with E-state index < -0.39 is 47.4 Å². The zero-order valence-electron chi connectivity index (χ0n) is 26.3. The average Bonchev–Trinajstić information content (AvgIpc) is 3.05. The van der Waals surface area contributed by atoms with Gasteiger partial charge in [-0.3, -0.25) is 25.2 Å². The SMILES string of the molecule is CC(C)(C)OC(=O)N[C@H](CC(=O)NC(c1ccccc1)(c1ccccc1)c1ccccc1)C(=O)NNC(=O)CCc1ccccc1. The summed E-state index contributed by atoms with van der Waals surface area (Å²) in [6, 6.07) is 36.7. The van der Waals surface area contributed by atoms with Gasteiger partial charge in [0.2, 0.25) is 11.8 Å². The van der Waals surface area contributed by atoms with Gasteiger partial charge in [0, 0.05) is 6.42 Å². The molecule has 46 heavy (non-hydrogen) atoms. The second-order valence-corrected chi connectivity index (χ2v) is 11.8. The molecule has 0 aliphatic heterocycles. The van der Waals surface area contributed by atoms with Crippen molar-refractivity contribution in [1.29, 1.82) is 0 Å². The van der Waals surface area contributed by atoms with E-state index >= 15 is 0 Å². The standard InChI is InChI=1S/C37H40N4O5/c1-36(2,3)46-35(45)38-31(34(44)41-40-32(42)25-24-27-16-8-4-9-17-27)26-33(43)39-37(28-18-10-5-11-19-28,29-20-12-6-13-21-29)30-22-14-7-15-23-30/h4-23,31H,24-26H2,1-3H3,(H,38,45)(H,39,43)(H,40,42)(H,41,44)/t31-/m1/s1. The lowest BCUT2D eigenvalue weighted by Gasteiger charge is -2.37. The van der Waals surface area contributed by atoms with E-state index in [2.05, 4.69) is 21.5 Å². The highest BCUT2D eigenvalue weighted by Crippen LogP contribution is 2.36. The molecule has 0 heterocycles. The fourth-order valence-corrected chi connectivity index (χ4v) is 5.07. The van der Waals surface area contributed by atoms with Crippen LogP contribution in [0.4, 0.5) is 4.79 Å². The number of rotatable bonds is 11. The third kappa shape index (κ3) is 9.28. The summed E-state index contributed by atoms with van der Waals surface area (Å²) >= 11 is 0. The molecule has 0 aliphatic rings. The first-order valence-electron chi connectivity index (χ1n) is 15.2. The number of carbonyl (C=O) groups excluding carboxylic acids is 4. The molecule has 4 amide bonds. The number of hydrazine groups is 1. The van der Waals surface area contributed by atoms with Crippen LogP contribution in [-0.2, 0) is 31.1 Å². The van der Waals surface area contributed by atoms with Crippen LogP contribution < -0.4 is 21.5 Å². The van der Waals surface area contributed by atoms with Crippen LogP contribution in [0.2, 0.25) is 0 Å². The van der Waals surface area contributed by atoms with Gasteiger partial charge in [-0.1, -0.05) is 121 Å². The van der Waals surface area contributed by atoms with E-state index in [0.717, 1.165) is 22.3 Å². The fraction of sp³-hybridized carbons (Fsp3) is 0.243. The van der Waals surface area contributed by atoms with E-state index in [1.807, 2.05) is 121 Å². The van der Waals surface area contributed by atoms with E-state index in [9.17, 15) is 19.2 Å². The molecule has 0 fully saturated rings. The van der Waals surface area contributed by atoms with Crippen LogP contribution >= 0.6 is 0 Å². The van der Waals surface area contributed by atoms with Gasteiger partial charge in [-0.05, 0) is 49.4 Å². The smallest absolute Gasteiger partial charge is 0.408 e. The van der Waals surface area contributed by atoms with Gasteiger partial charge < -0.3 is 15.4 Å². The maximum absolute atomic E-state index is 14.0. The average molecular weight is 621 g/mol. The maximum atomic E-state index is 14.0. The highest BCUT2D eigenvalue weighted by atomic mass is 16.6. The summed E-state index contributed by atoms with van der Waals surface area (Å²) in [6.45, 7) is 5.07. The molecule has 9 heteroatoms. The number of ether oxygens (including phenoxy) is 1. The number of carbonyl (C=O) groups is 4. The van der Waals surface area contributed by atoms with Crippen LogP contribution in [0, 0.1) is 0 Å². The van der Waals surface area contributed by atoms with Gasteiger partial charge in [-0.2, -0.15) is 0 Å². The quantitative estimate of drug-likeness (QED) is 0.136. The predicted octanol–water partition coefficient (Wildman–Crippen LogP) is 5.16. The van der Waals surface area contributed by atoms with E-state index in [4.69, 9.17) is 4.74 Å². The molecular weight excluding hydrogens is 580 g/mol. The van der Waals surface area contributed by atoms with Gasteiger partial charge in [0.15, 0.2) is 0 Å². The number of aryl methyl sites for hydroxylation is 1. The Kier molecular flexibility index (Phi) is 11.3. The molecule has 0 bridgehead atoms. The van der Waals surface area contributed by atoms with Crippen molar-refractivity contribution < 1.29 is 23.9 Å². The van der Waals surface area contributed by atoms with Gasteiger partial charge in [-0.25, -0.2) is 4.79 Å². The largest absolute Gasteiger partial charge is 0.444 e. The molecule has 0 aromatic heterocycles. The zero-order chi connectivity index (χ0) is 33.0. The first kappa shape index (κ1) is 33.5. The van der Waals surface area contributed by atoms with E-state index in [-0.39, 0.29) is 6.42 Å². The van der Waals surface area contributed by atoms with Crippen LogP contribution in [0.5, 0.6) is 0 Å². The number of alkyl carbamates (subject to hydrolysis) is 1. The van der Waals surface area contributed by atoms with Gasteiger partial charge in [0.05, 0.1) is 6.42 Å². The normalized spacial score (nSPS) is 11.9. The van der Waals surface area contributed by atoms with E-state index in [0.29, 0.717) is 6.42 Å². The van der Waals surface area contributed by atoms with Crippen molar-refractivity contribution in [2.75, 3.05) is 0 Å². The van der Waals surface area contributed by atoms with Crippen molar-refractivity contribution in [3.63, 3.8) is 0 Å². The Balaban J connectivity index is 1.58. The number of benzene rings is 4. The minimum absolute atomic E-state index is 0.128. The monoisotopic (exact) mass is 620 g/mol. The molecule has 4 N–H and O–H groups in total. The van der Waals surface area contributed by atoms with Crippen molar-refractivity contribution in [1.82, 2.24) is 21.5 Å². The number of hydrogen-bond acceptors (Lipinski definition) is 5. The molecule has 238 valence electrons. The molecule has 0 saturated carbocycles. The van der Waals surface area contributed by atoms with Gasteiger partial charge in [0.25, 0.3) is 5.91 Å². The van der Waals surface area contributed by atoms with Crippen molar-refractivity contribution in [2.45, 2.75) is 57.2 Å². The minimum Gasteiger partial charge on any atom is -0.444 e.